The maximum absolute atomic E-state index is 9.56. The lowest BCUT2D eigenvalue weighted by Gasteiger charge is -2.40. The average Bonchev–Trinajstić information content (AvgIpc) is 2.99. The van der Waals surface area contributed by atoms with E-state index in [1.54, 1.807) is 0 Å². The zero-order chi connectivity index (χ0) is 16.2. The first-order valence-electron chi connectivity index (χ1n) is 8.23. The Balaban J connectivity index is 1.58. The maximum atomic E-state index is 9.56. The van der Waals surface area contributed by atoms with Crippen molar-refractivity contribution < 1.29 is 5.11 Å². The Morgan fingerprint density at radius 2 is 2.04 bits per heavy atom. The molecule has 2 atom stereocenters. The van der Waals surface area contributed by atoms with Crippen LogP contribution in [0.15, 0.2) is 36.5 Å². The van der Waals surface area contributed by atoms with Crippen LogP contribution in [-0.2, 0) is 6.54 Å². The second-order valence-corrected chi connectivity index (χ2v) is 6.42. The molecule has 0 spiro atoms. The number of β-amino-alcohol motifs (C(OH)–C–C–N with tert-alkyl or cyclic N) is 1. The quantitative estimate of drug-likeness (QED) is 0.897. The van der Waals surface area contributed by atoms with Crippen LogP contribution in [0.5, 0.6) is 0 Å². The Hall–Kier alpha value is -1.76. The molecule has 0 amide bonds. The van der Waals surface area contributed by atoms with E-state index in [2.05, 4.69) is 27.0 Å². The normalized spacial score (nSPS) is 21.4. The van der Waals surface area contributed by atoms with Gasteiger partial charge in [0.05, 0.1) is 23.7 Å². The lowest BCUT2D eigenvalue weighted by Crippen LogP contribution is -2.53. The van der Waals surface area contributed by atoms with Crippen molar-refractivity contribution in [3.8, 4) is 5.69 Å². The van der Waals surface area contributed by atoms with Crippen molar-refractivity contribution in [2.24, 2.45) is 0 Å². The molecule has 1 N–H and O–H groups in total. The molecule has 23 heavy (non-hydrogen) atoms. The highest BCUT2D eigenvalue weighted by Gasteiger charge is 2.24. The van der Waals surface area contributed by atoms with E-state index in [1.165, 1.54) is 0 Å². The zero-order valence-electron chi connectivity index (χ0n) is 13.8. The van der Waals surface area contributed by atoms with Crippen molar-refractivity contribution in [1.82, 2.24) is 24.8 Å². The summed E-state index contributed by atoms with van der Waals surface area (Å²) in [5.74, 6) is 0. The van der Waals surface area contributed by atoms with Gasteiger partial charge in [0.25, 0.3) is 0 Å². The maximum Gasteiger partial charge on any atom is 0.0971 e. The third-order valence-electron chi connectivity index (χ3n) is 4.30. The van der Waals surface area contributed by atoms with Crippen LogP contribution in [0.2, 0.25) is 0 Å². The molecular formula is C17H25N5O. The number of nitrogens with zero attached hydrogens (tertiary/aromatic N) is 5. The van der Waals surface area contributed by atoms with E-state index in [9.17, 15) is 5.11 Å². The molecule has 2 heterocycles. The Bertz CT molecular complexity index is 612. The number of para-hydroxylation sites is 1. The Morgan fingerprint density at radius 1 is 1.26 bits per heavy atom. The predicted molar refractivity (Wildman–Crippen MR) is 89.4 cm³/mol. The first-order chi connectivity index (χ1) is 11.1. The Labute approximate surface area is 137 Å². The molecule has 1 aliphatic heterocycles. The fourth-order valence-corrected chi connectivity index (χ4v) is 3.13. The summed E-state index contributed by atoms with van der Waals surface area (Å²) in [5.41, 5.74) is 2.02. The number of hydrogen-bond acceptors (Lipinski definition) is 5. The van der Waals surface area contributed by atoms with E-state index in [0.717, 1.165) is 44.1 Å². The van der Waals surface area contributed by atoms with Gasteiger partial charge in [-0.3, -0.25) is 9.80 Å². The molecule has 6 nitrogen and oxygen atoms in total. The lowest BCUT2D eigenvalue weighted by atomic mass is 10.1. The summed E-state index contributed by atoms with van der Waals surface area (Å²) >= 11 is 0. The van der Waals surface area contributed by atoms with Crippen LogP contribution in [0.3, 0.4) is 0 Å². The van der Waals surface area contributed by atoms with Crippen molar-refractivity contribution >= 4 is 0 Å². The van der Waals surface area contributed by atoms with E-state index in [0.29, 0.717) is 6.04 Å². The molecule has 6 heteroatoms. The molecule has 1 fully saturated rings. The van der Waals surface area contributed by atoms with E-state index in [1.807, 2.05) is 48.1 Å². The lowest BCUT2D eigenvalue weighted by molar-refractivity contribution is 0.0418. The highest BCUT2D eigenvalue weighted by molar-refractivity contribution is 5.29. The number of hydrogen-bond donors (Lipinski definition) is 1. The summed E-state index contributed by atoms with van der Waals surface area (Å²) in [7, 11) is 0. The van der Waals surface area contributed by atoms with E-state index >= 15 is 0 Å². The summed E-state index contributed by atoms with van der Waals surface area (Å²) in [6.45, 7) is 8.61. The van der Waals surface area contributed by atoms with Gasteiger partial charge in [-0.2, -0.15) is 0 Å². The third kappa shape index (κ3) is 4.16. The van der Waals surface area contributed by atoms with Crippen LogP contribution in [0, 0.1) is 0 Å². The molecule has 3 rings (SSSR count). The minimum atomic E-state index is -0.269. The second kappa shape index (κ2) is 7.21. The standard InChI is InChI=1S/C17H25N5O/c1-14-10-20(8-9-21(14)11-15(2)23)12-16-13-22(19-18-16)17-6-4-3-5-7-17/h3-7,13-15,23H,8-12H2,1-2H3/t14-,15-/m0/s1. The average molecular weight is 315 g/mol. The topological polar surface area (TPSA) is 57.4 Å². The summed E-state index contributed by atoms with van der Waals surface area (Å²) in [5, 5.41) is 18.1. The molecule has 0 saturated carbocycles. The van der Waals surface area contributed by atoms with Gasteiger partial charge in [0.1, 0.15) is 0 Å². The number of aromatic nitrogens is 3. The monoisotopic (exact) mass is 315 g/mol. The number of rotatable bonds is 5. The van der Waals surface area contributed by atoms with Crippen LogP contribution in [0.1, 0.15) is 19.5 Å². The largest absolute Gasteiger partial charge is 0.392 e. The molecule has 124 valence electrons. The molecular weight excluding hydrogens is 290 g/mol. The van der Waals surface area contributed by atoms with Crippen molar-refractivity contribution in [2.45, 2.75) is 32.5 Å². The van der Waals surface area contributed by atoms with Crippen molar-refractivity contribution in [1.29, 1.82) is 0 Å². The Morgan fingerprint density at radius 3 is 2.74 bits per heavy atom. The molecule has 1 aromatic carbocycles. The van der Waals surface area contributed by atoms with Crippen LogP contribution < -0.4 is 0 Å². The smallest absolute Gasteiger partial charge is 0.0971 e. The van der Waals surface area contributed by atoms with Gasteiger partial charge in [-0.05, 0) is 26.0 Å². The Kier molecular flexibility index (Phi) is 5.05. The third-order valence-corrected chi connectivity index (χ3v) is 4.30. The van der Waals surface area contributed by atoms with Crippen molar-refractivity contribution in [2.75, 3.05) is 26.2 Å². The fraction of sp³-hybridized carbons (Fsp3) is 0.529. The fourth-order valence-electron chi connectivity index (χ4n) is 3.13. The summed E-state index contributed by atoms with van der Waals surface area (Å²) in [6.07, 6.45) is 1.73. The second-order valence-electron chi connectivity index (χ2n) is 6.42. The van der Waals surface area contributed by atoms with Crippen LogP contribution in [0.4, 0.5) is 0 Å². The summed E-state index contributed by atoms with van der Waals surface area (Å²) in [6, 6.07) is 10.5. The zero-order valence-corrected chi connectivity index (χ0v) is 13.8. The van der Waals surface area contributed by atoms with Gasteiger partial charge >= 0.3 is 0 Å². The van der Waals surface area contributed by atoms with Gasteiger partial charge in [-0.15, -0.1) is 5.10 Å². The van der Waals surface area contributed by atoms with E-state index in [4.69, 9.17) is 0 Å². The van der Waals surface area contributed by atoms with Gasteiger partial charge in [0.15, 0.2) is 0 Å². The highest BCUT2D eigenvalue weighted by atomic mass is 16.3. The molecule has 0 aliphatic carbocycles. The predicted octanol–water partition coefficient (Wildman–Crippen LogP) is 1.15. The molecule has 0 radical (unpaired) electrons. The number of benzene rings is 1. The molecule has 1 aromatic heterocycles. The van der Waals surface area contributed by atoms with Crippen molar-refractivity contribution in [3.05, 3.63) is 42.2 Å². The summed E-state index contributed by atoms with van der Waals surface area (Å²) < 4.78 is 1.82. The van der Waals surface area contributed by atoms with Gasteiger partial charge in [-0.25, -0.2) is 4.68 Å². The first kappa shape index (κ1) is 16.1. The minimum Gasteiger partial charge on any atom is -0.392 e. The molecule has 2 aromatic rings. The number of aliphatic hydroxyl groups is 1. The molecule has 0 unspecified atom stereocenters. The minimum absolute atomic E-state index is 0.269. The SMILES string of the molecule is C[C@H](O)CN1CCN(Cc2cn(-c3ccccc3)nn2)C[C@@H]1C. The highest BCUT2D eigenvalue weighted by Crippen LogP contribution is 2.13. The van der Waals surface area contributed by atoms with Gasteiger partial charge in [0.2, 0.25) is 0 Å². The summed E-state index contributed by atoms with van der Waals surface area (Å²) in [4.78, 5) is 4.75. The van der Waals surface area contributed by atoms with Gasteiger partial charge in [-0.1, -0.05) is 23.4 Å². The van der Waals surface area contributed by atoms with Gasteiger partial charge in [0, 0.05) is 38.8 Å². The number of aliphatic hydroxyl groups excluding tert-OH is 1. The van der Waals surface area contributed by atoms with Gasteiger partial charge < -0.3 is 5.11 Å². The van der Waals surface area contributed by atoms with Crippen LogP contribution >= 0.6 is 0 Å². The number of piperazine rings is 1. The first-order valence-corrected chi connectivity index (χ1v) is 8.23. The van der Waals surface area contributed by atoms with Crippen molar-refractivity contribution in [3.63, 3.8) is 0 Å². The van der Waals surface area contributed by atoms with Crippen LogP contribution in [0.25, 0.3) is 5.69 Å². The molecule has 1 saturated heterocycles. The molecule has 1 aliphatic rings. The van der Waals surface area contributed by atoms with Crippen LogP contribution in [-0.4, -0.2) is 68.2 Å². The van der Waals surface area contributed by atoms with E-state index < -0.39 is 0 Å². The molecule has 0 bridgehead atoms. The van der Waals surface area contributed by atoms with E-state index in [-0.39, 0.29) is 6.10 Å².